The van der Waals surface area contributed by atoms with Crippen LogP contribution in [0.3, 0.4) is 0 Å². The Bertz CT molecular complexity index is 410. The van der Waals surface area contributed by atoms with Crippen molar-refractivity contribution < 1.29 is 4.79 Å². The van der Waals surface area contributed by atoms with E-state index in [-0.39, 0.29) is 12.3 Å². The zero-order chi connectivity index (χ0) is 11.3. The SMILES string of the molecule is CCC(=O)Nc1ccc(CC#N)c(Cl)c1. The van der Waals surface area contributed by atoms with Gasteiger partial charge < -0.3 is 5.32 Å². The Morgan fingerprint density at radius 2 is 2.33 bits per heavy atom. The normalized spacial score (nSPS) is 9.40. The highest BCUT2D eigenvalue weighted by Crippen LogP contribution is 2.21. The van der Waals surface area contributed by atoms with Gasteiger partial charge in [0.25, 0.3) is 0 Å². The van der Waals surface area contributed by atoms with Gasteiger partial charge >= 0.3 is 0 Å². The molecule has 0 unspecified atom stereocenters. The number of carbonyl (C=O) groups is 1. The fraction of sp³-hybridized carbons (Fsp3) is 0.273. The van der Waals surface area contributed by atoms with Crippen molar-refractivity contribution in [2.75, 3.05) is 5.32 Å². The number of halogens is 1. The molecule has 0 saturated heterocycles. The van der Waals surface area contributed by atoms with Gasteiger partial charge in [-0.25, -0.2) is 0 Å². The smallest absolute Gasteiger partial charge is 0.224 e. The molecule has 0 bridgehead atoms. The van der Waals surface area contributed by atoms with E-state index in [2.05, 4.69) is 5.32 Å². The zero-order valence-corrected chi connectivity index (χ0v) is 9.14. The first-order chi connectivity index (χ1) is 7.17. The topological polar surface area (TPSA) is 52.9 Å². The summed E-state index contributed by atoms with van der Waals surface area (Å²) in [6, 6.07) is 7.17. The maximum absolute atomic E-state index is 11.1. The largest absolute Gasteiger partial charge is 0.326 e. The third-order valence-corrected chi connectivity index (χ3v) is 2.28. The van der Waals surface area contributed by atoms with Crippen molar-refractivity contribution >= 4 is 23.2 Å². The van der Waals surface area contributed by atoms with E-state index >= 15 is 0 Å². The second kappa shape index (κ2) is 5.38. The summed E-state index contributed by atoms with van der Waals surface area (Å²) in [5.41, 5.74) is 1.43. The van der Waals surface area contributed by atoms with Gasteiger partial charge in [-0.1, -0.05) is 24.6 Å². The monoisotopic (exact) mass is 222 g/mol. The molecule has 1 rings (SSSR count). The van der Waals surface area contributed by atoms with Crippen molar-refractivity contribution in [3.05, 3.63) is 28.8 Å². The number of anilines is 1. The Balaban J connectivity index is 2.83. The van der Waals surface area contributed by atoms with E-state index in [1.165, 1.54) is 0 Å². The van der Waals surface area contributed by atoms with Crippen LogP contribution in [0.1, 0.15) is 18.9 Å². The summed E-state index contributed by atoms with van der Waals surface area (Å²) in [5, 5.41) is 11.7. The number of hydrogen-bond donors (Lipinski definition) is 1. The second-order valence-corrected chi connectivity index (χ2v) is 3.45. The predicted molar refractivity (Wildman–Crippen MR) is 59.7 cm³/mol. The first-order valence-electron chi connectivity index (χ1n) is 4.62. The van der Waals surface area contributed by atoms with Crippen LogP contribution in [0.15, 0.2) is 18.2 Å². The minimum atomic E-state index is -0.0564. The fourth-order valence-corrected chi connectivity index (χ4v) is 1.35. The molecule has 0 radical (unpaired) electrons. The van der Waals surface area contributed by atoms with Crippen LogP contribution >= 0.6 is 11.6 Å². The molecule has 1 aromatic carbocycles. The van der Waals surface area contributed by atoms with Crippen LogP contribution in [0.5, 0.6) is 0 Å². The lowest BCUT2D eigenvalue weighted by Crippen LogP contribution is -2.09. The van der Waals surface area contributed by atoms with Gasteiger partial charge in [0.2, 0.25) is 5.91 Å². The molecule has 78 valence electrons. The molecule has 4 heteroatoms. The average molecular weight is 223 g/mol. The zero-order valence-electron chi connectivity index (χ0n) is 8.38. The van der Waals surface area contributed by atoms with Gasteiger partial charge in [0.05, 0.1) is 12.5 Å². The molecule has 15 heavy (non-hydrogen) atoms. The average Bonchev–Trinajstić information content (AvgIpc) is 2.22. The molecule has 3 nitrogen and oxygen atoms in total. The minimum absolute atomic E-state index is 0.0564. The summed E-state index contributed by atoms with van der Waals surface area (Å²) in [4.78, 5) is 11.1. The van der Waals surface area contributed by atoms with Crippen molar-refractivity contribution in [3.63, 3.8) is 0 Å². The van der Waals surface area contributed by atoms with E-state index < -0.39 is 0 Å². The highest BCUT2D eigenvalue weighted by atomic mass is 35.5. The Morgan fingerprint density at radius 3 is 2.87 bits per heavy atom. The number of amides is 1. The molecule has 0 heterocycles. The van der Waals surface area contributed by atoms with Crippen molar-refractivity contribution in [1.82, 2.24) is 0 Å². The molecule has 0 spiro atoms. The van der Waals surface area contributed by atoms with Gasteiger partial charge in [0, 0.05) is 17.1 Å². The van der Waals surface area contributed by atoms with E-state index in [9.17, 15) is 4.79 Å². The Hall–Kier alpha value is -1.53. The van der Waals surface area contributed by atoms with Crippen LogP contribution in [0.4, 0.5) is 5.69 Å². The standard InChI is InChI=1S/C11H11ClN2O/c1-2-11(15)14-9-4-3-8(5-6-13)10(12)7-9/h3-4,7H,2,5H2,1H3,(H,14,15). The molecular formula is C11H11ClN2O. The first-order valence-corrected chi connectivity index (χ1v) is 5.00. The van der Waals surface area contributed by atoms with E-state index in [0.717, 1.165) is 5.56 Å². The van der Waals surface area contributed by atoms with Gasteiger partial charge in [-0.05, 0) is 17.7 Å². The molecule has 0 aromatic heterocycles. The summed E-state index contributed by atoms with van der Waals surface area (Å²) in [6.07, 6.45) is 0.707. The van der Waals surface area contributed by atoms with E-state index in [1.54, 1.807) is 25.1 Å². The number of nitrogens with zero attached hydrogens (tertiary/aromatic N) is 1. The third-order valence-electron chi connectivity index (χ3n) is 1.93. The van der Waals surface area contributed by atoms with Crippen LogP contribution in [-0.4, -0.2) is 5.91 Å². The molecule has 0 saturated carbocycles. The summed E-state index contributed by atoms with van der Waals surface area (Å²) in [5.74, 6) is -0.0564. The molecule has 0 aliphatic carbocycles. The quantitative estimate of drug-likeness (QED) is 0.855. The van der Waals surface area contributed by atoms with Gasteiger partial charge in [0.15, 0.2) is 0 Å². The molecular weight excluding hydrogens is 212 g/mol. The highest BCUT2D eigenvalue weighted by molar-refractivity contribution is 6.31. The van der Waals surface area contributed by atoms with Gasteiger partial charge in [0.1, 0.15) is 0 Å². The molecule has 1 amide bonds. The number of carbonyl (C=O) groups excluding carboxylic acids is 1. The van der Waals surface area contributed by atoms with Crippen LogP contribution in [0, 0.1) is 11.3 Å². The van der Waals surface area contributed by atoms with Gasteiger partial charge in [-0.15, -0.1) is 0 Å². The molecule has 0 aliphatic rings. The lowest BCUT2D eigenvalue weighted by molar-refractivity contribution is -0.115. The van der Waals surface area contributed by atoms with Crippen molar-refractivity contribution in [2.24, 2.45) is 0 Å². The van der Waals surface area contributed by atoms with E-state index in [1.807, 2.05) is 6.07 Å². The summed E-state index contributed by atoms with van der Waals surface area (Å²) in [7, 11) is 0. The molecule has 0 fully saturated rings. The minimum Gasteiger partial charge on any atom is -0.326 e. The molecule has 0 atom stereocenters. The van der Waals surface area contributed by atoms with E-state index in [0.29, 0.717) is 17.1 Å². The molecule has 1 N–H and O–H groups in total. The van der Waals surface area contributed by atoms with Crippen molar-refractivity contribution in [1.29, 1.82) is 5.26 Å². The fourth-order valence-electron chi connectivity index (χ4n) is 1.10. The summed E-state index contributed by atoms with van der Waals surface area (Å²) >= 11 is 5.93. The lowest BCUT2D eigenvalue weighted by atomic mass is 10.1. The van der Waals surface area contributed by atoms with Gasteiger partial charge in [-0.3, -0.25) is 4.79 Å². The Labute approximate surface area is 93.7 Å². The van der Waals surface area contributed by atoms with Crippen LogP contribution in [0.2, 0.25) is 5.02 Å². The van der Waals surface area contributed by atoms with Crippen LogP contribution < -0.4 is 5.32 Å². The first kappa shape index (κ1) is 11.5. The maximum atomic E-state index is 11.1. The Morgan fingerprint density at radius 1 is 1.60 bits per heavy atom. The maximum Gasteiger partial charge on any atom is 0.224 e. The number of benzene rings is 1. The lowest BCUT2D eigenvalue weighted by Gasteiger charge is -2.05. The summed E-state index contributed by atoms with van der Waals surface area (Å²) < 4.78 is 0. The number of nitrogens with one attached hydrogen (secondary N) is 1. The second-order valence-electron chi connectivity index (χ2n) is 3.04. The van der Waals surface area contributed by atoms with Crippen LogP contribution in [0.25, 0.3) is 0 Å². The number of hydrogen-bond acceptors (Lipinski definition) is 2. The molecule has 1 aromatic rings. The summed E-state index contributed by atoms with van der Waals surface area (Å²) in [6.45, 7) is 1.78. The molecule has 0 aliphatic heterocycles. The number of nitriles is 1. The third kappa shape index (κ3) is 3.26. The highest BCUT2D eigenvalue weighted by Gasteiger charge is 2.03. The predicted octanol–water partition coefficient (Wildman–Crippen LogP) is 2.75. The van der Waals surface area contributed by atoms with E-state index in [4.69, 9.17) is 16.9 Å². The Kier molecular flexibility index (Phi) is 4.14. The van der Waals surface area contributed by atoms with Crippen LogP contribution in [-0.2, 0) is 11.2 Å². The van der Waals surface area contributed by atoms with Crippen molar-refractivity contribution in [2.45, 2.75) is 19.8 Å². The van der Waals surface area contributed by atoms with Crippen molar-refractivity contribution in [3.8, 4) is 6.07 Å². The number of rotatable bonds is 3. The van der Waals surface area contributed by atoms with Gasteiger partial charge in [-0.2, -0.15) is 5.26 Å².